The molecule has 0 spiro atoms. The fourth-order valence-corrected chi connectivity index (χ4v) is 2.17. The lowest BCUT2D eigenvalue weighted by atomic mass is 10.0. The molecule has 7 nitrogen and oxygen atoms in total. The molecule has 8 heteroatoms. The Kier molecular flexibility index (Phi) is 3.63. The van der Waals surface area contributed by atoms with Crippen LogP contribution in [0.3, 0.4) is 0 Å². The van der Waals surface area contributed by atoms with Gasteiger partial charge in [0.15, 0.2) is 5.78 Å². The van der Waals surface area contributed by atoms with Crippen LogP contribution in [0.1, 0.15) is 26.5 Å². The van der Waals surface area contributed by atoms with Gasteiger partial charge in [0.05, 0.1) is 0 Å². The van der Waals surface area contributed by atoms with E-state index in [0.29, 0.717) is 6.42 Å². The maximum Gasteiger partial charge on any atom is 0.354 e. The summed E-state index contributed by atoms with van der Waals surface area (Å²) in [4.78, 5) is 30.6. The molecule has 1 fully saturated rings. The van der Waals surface area contributed by atoms with Gasteiger partial charge >= 0.3 is 5.69 Å². The quantitative estimate of drug-likeness (QED) is 0.766. The van der Waals surface area contributed by atoms with Gasteiger partial charge in [0.2, 0.25) is 0 Å². The second-order valence-corrected chi connectivity index (χ2v) is 4.52. The van der Waals surface area contributed by atoms with Gasteiger partial charge in [0, 0.05) is 0 Å². The summed E-state index contributed by atoms with van der Waals surface area (Å²) in [5.41, 5.74) is -0.497. The number of Topliss-reactive ketones (excluding diaryl/α,β-unsaturated/α-hetero) is 1. The van der Waals surface area contributed by atoms with Gasteiger partial charge in [0.25, 0.3) is 5.95 Å². The second-order valence-electron chi connectivity index (χ2n) is 4.29. The van der Waals surface area contributed by atoms with Crippen molar-refractivity contribution in [3.63, 3.8) is 0 Å². The van der Waals surface area contributed by atoms with Gasteiger partial charge in [-0.3, -0.25) is 9.36 Å². The summed E-state index contributed by atoms with van der Waals surface area (Å²) in [6.45, 7) is 3.40. The Morgan fingerprint density at radius 2 is 2.39 bits per heavy atom. The van der Waals surface area contributed by atoms with E-state index in [1.54, 1.807) is 0 Å². The van der Waals surface area contributed by atoms with Crippen LogP contribution >= 0.6 is 9.03 Å². The third-order valence-electron chi connectivity index (χ3n) is 2.92. The van der Waals surface area contributed by atoms with Gasteiger partial charge in [-0.05, 0) is 28.3 Å². The molecule has 1 aliphatic rings. The number of carbonyl (C=O) groups excluding carboxylic acids is 1. The van der Waals surface area contributed by atoms with Gasteiger partial charge in [-0.2, -0.15) is 9.73 Å². The molecule has 1 aromatic heterocycles. The Balaban J connectivity index is 2.26. The fourth-order valence-electron chi connectivity index (χ4n) is 2.06. The monoisotopic (exact) mass is 268 g/mol. The first-order valence-electron chi connectivity index (χ1n) is 5.51. The molecule has 2 heterocycles. The number of ketones is 1. The van der Waals surface area contributed by atoms with E-state index in [1.807, 2.05) is 6.92 Å². The minimum Gasteiger partial charge on any atom is -0.347 e. The molecule has 0 N–H and O–H groups in total. The van der Waals surface area contributed by atoms with E-state index >= 15 is 0 Å². The van der Waals surface area contributed by atoms with Crippen molar-refractivity contribution in [2.24, 2.45) is 10.7 Å². The van der Waals surface area contributed by atoms with Crippen LogP contribution in [0.2, 0.25) is 0 Å². The van der Waals surface area contributed by atoms with E-state index in [0.717, 1.165) is 0 Å². The van der Waals surface area contributed by atoms with Crippen molar-refractivity contribution < 1.29 is 9.53 Å². The molecule has 1 saturated heterocycles. The predicted octanol–water partition coefficient (Wildman–Crippen LogP) is 1.11. The maximum absolute atomic E-state index is 11.7. The molecule has 0 amide bonds. The van der Waals surface area contributed by atoms with Crippen molar-refractivity contribution in [3.8, 4) is 0 Å². The molecule has 3 atom stereocenters. The average Bonchev–Trinajstić information content (AvgIpc) is 2.71. The van der Waals surface area contributed by atoms with E-state index in [1.165, 1.54) is 17.8 Å². The van der Waals surface area contributed by atoms with Crippen LogP contribution in [0.25, 0.3) is 0 Å². The molecule has 0 unspecified atom stereocenters. The van der Waals surface area contributed by atoms with E-state index in [4.69, 9.17) is 4.74 Å². The van der Waals surface area contributed by atoms with Crippen molar-refractivity contribution in [1.29, 1.82) is 0 Å². The SMILES string of the molecule is CC(=O)[C@H]1O[C@@H](n2cnc(N=P)nc2=O)C[C@@H]1C. The van der Waals surface area contributed by atoms with E-state index in [9.17, 15) is 9.59 Å². The van der Waals surface area contributed by atoms with Gasteiger partial charge in [-0.15, -0.1) is 0 Å². The highest BCUT2D eigenvalue weighted by Crippen LogP contribution is 2.32. The summed E-state index contributed by atoms with van der Waals surface area (Å²) in [6.07, 6.45) is 0.943. The Morgan fingerprint density at radius 3 is 2.89 bits per heavy atom. The van der Waals surface area contributed by atoms with Crippen molar-refractivity contribution in [2.75, 3.05) is 0 Å². The zero-order valence-corrected chi connectivity index (χ0v) is 11.0. The first-order valence-corrected chi connectivity index (χ1v) is 5.96. The molecule has 0 saturated carbocycles. The molecule has 96 valence electrons. The summed E-state index contributed by atoms with van der Waals surface area (Å²) >= 11 is 0. The highest BCUT2D eigenvalue weighted by atomic mass is 31.0. The van der Waals surface area contributed by atoms with Crippen LogP contribution in [0.5, 0.6) is 0 Å². The largest absolute Gasteiger partial charge is 0.354 e. The molecule has 0 radical (unpaired) electrons. The minimum absolute atomic E-state index is 0.0363. The van der Waals surface area contributed by atoms with E-state index in [2.05, 4.69) is 23.7 Å². The van der Waals surface area contributed by atoms with Crippen molar-refractivity contribution in [1.82, 2.24) is 14.5 Å². The summed E-state index contributed by atoms with van der Waals surface area (Å²) in [6, 6.07) is 0. The molecular formula is C10H13N4O3P. The van der Waals surface area contributed by atoms with E-state index in [-0.39, 0.29) is 17.6 Å². The molecule has 0 bridgehead atoms. The fraction of sp³-hybridized carbons (Fsp3) is 0.600. The highest BCUT2D eigenvalue weighted by molar-refractivity contribution is 7.04. The topological polar surface area (TPSA) is 86.4 Å². The second kappa shape index (κ2) is 5.04. The van der Waals surface area contributed by atoms with Gasteiger partial charge in [-0.1, -0.05) is 6.92 Å². The number of ether oxygens (including phenoxy) is 1. The third-order valence-corrected chi connectivity index (χ3v) is 3.12. The first-order chi connectivity index (χ1) is 8.52. The van der Waals surface area contributed by atoms with Gasteiger partial charge in [0.1, 0.15) is 18.7 Å². The van der Waals surface area contributed by atoms with Gasteiger partial charge < -0.3 is 4.74 Å². The molecule has 0 aromatic carbocycles. The maximum atomic E-state index is 11.7. The summed E-state index contributed by atoms with van der Waals surface area (Å²) in [5.74, 6) is 0.0902. The number of aromatic nitrogens is 3. The van der Waals surface area contributed by atoms with Crippen LogP contribution in [0.4, 0.5) is 5.95 Å². The van der Waals surface area contributed by atoms with Crippen molar-refractivity contribution >= 4 is 20.8 Å². The van der Waals surface area contributed by atoms with Crippen LogP contribution in [-0.4, -0.2) is 26.4 Å². The summed E-state index contributed by atoms with van der Waals surface area (Å²) in [5, 5.41) is 0. The van der Waals surface area contributed by atoms with Crippen LogP contribution in [0, 0.1) is 5.92 Å². The van der Waals surface area contributed by atoms with Crippen LogP contribution in [0.15, 0.2) is 15.9 Å². The first kappa shape index (κ1) is 13.0. The van der Waals surface area contributed by atoms with Crippen LogP contribution < -0.4 is 5.69 Å². The molecule has 0 aliphatic carbocycles. The average molecular weight is 268 g/mol. The number of carbonyl (C=O) groups is 1. The van der Waals surface area contributed by atoms with Crippen LogP contribution in [-0.2, 0) is 9.53 Å². The predicted molar refractivity (Wildman–Crippen MR) is 65.1 cm³/mol. The molecule has 1 aliphatic heterocycles. The molecule has 1 aromatic rings. The Morgan fingerprint density at radius 1 is 1.67 bits per heavy atom. The van der Waals surface area contributed by atoms with Crippen molar-refractivity contribution in [2.45, 2.75) is 32.6 Å². The third kappa shape index (κ3) is 2.37. The number of hydrogen-bond donors (Lipinski definition) is 0. The minimum atomic E-state index is -0.497. The summed E-state index contributed by atoms with van der Waals surface area (Å²) in [7, 11) is 2.86. The highest BCUT2D eigenvalue weighted by Gasteiger charge is 2.36. The lowest BCUT2D eigenvalue weighted by Crippen LogP contribution is -2.28. The number of rotatable bonds is 3. The number of hydrogen-bond acceptors (Lipinski definition) is 6. The zero-order chi connectivity index (χ0) is 13.3. The van der Waals surface area contributed by atoms with Crippen molar-refractivity contribution in [3.05, 3.63) is 16.8 Å². The van der Waals surface area contributed by atoms with Gasteiger partial charge in [-0.25, -0.2) is 9.78 Å². The Labute approximate surface area is 106 Å². The number of nitrogens with zero attached hydrogens (tertiary/aromatic N) is 4. The molecule has 2 rings (SSSR count). The molecule has 18 heavy (non-hydrogen) atoms. The molecular weight excluding hydrogens is 255 g/mol. The normalized spacial score (nSPS) is 27.1. The zero-order valence-electron chi connectivity index (χ0n) is 10.0. The summed E-state index contributed by atoms with van der Waals surface area (Å²) < 4.78 is 10.4. The lowest BCUT2D eigenvalue weighted by Gasteiger charge is -2.13. The lowest BCUT2D eigenvalue weighted by molar-refractivity contribution is -0.131. The Bertz CT molecular complexity index is 544. The Hall–Kier alpha value is -1.46. The standard InChI is InChI=1S/C10H13N4O3P/c1-5-3-7(17-8(5)6(2)15)14-4-11-9(13-18)12-10(14)16/h4-5,7-8,18H,3H2,1-2H3/t5-,7+,8-/m0/s1. The van der Waals surface area contributed by atoms with E-state index < -0.39 is 18.0 Å². The smallest absolute Gasteiger partial charge is 0.347 e.